The van der Waals surface area contributed by atoms with E-state index < -0.39 is 23.5 Å². The highest BCUT2D eigenvalue weighted by Gasteiger charge is 2.29. The third kappa shape index (κ3) is 5.65. The Morgan fingerprint density at radius 1 is 0.914 bits per heavy atom. The zero-order valence-electron chi connectivity index (χ0n) is 20.2. The molecule has 0 aliphatic carbocycles. The lowest BCUT2D eigenvalue weighted by atomic mass is 10.0. The SMILES string of the molecule is CCOC(=O)c1c(C)c(C(=O)CN(Cc2ccc(F)cc2)C(=O)c2ccc(F)cc2)c(C)n1CC. The van der Waals surface area contributed by atoms with Gasteiger partial charge >= 0.3 is 5.97 Å². The van der Waals surface area contributed by atoms with E-state index in [1.165, 1.54) is 53.4 Å². The summed E-state index contributed by atoms with van der Waals surface area (Å²) in [7, 11) is 0. The number of nitrogens with zero attached hydrogens (tertiary/aromatic N) is 2. The molecule has 0 aliphatic heterocycles. The first kappa shape index (κ1) is 25.8. The minimum absolute atomic E-state index is 0.0412. The number of carbonyl (C=O) groups excluding carboxylic acids is 3. The zero-order chi connectivity index (χ0) is 25.7. The Balaban J connectivity index is 1.98. The summed E-state index contributed by atoms with van der Waals surface area (Å²) < 4.78 is 33.7. The number of hydrogen-bond acceptors (Lipinski definition) is 4. The molecule has 0 N–H and O–H groups in total. The minimum atomic E-state index is -0.514. The van der Waals surface area contributed by atoms with Gasteiger partial charge in [0.25, 0.3) is 5.91 Å². The first-order valence-electron chi connectivity index (χ1n) is 11.4. The molecule has 0 spiro atoms. The molecule has 1 amide bonds. The second-order valence-electron chi connectivity index (χ2n) is 8.12. The van der Waals surface area contributed by atoms with Crippen LogP contribution in [0.5, 0.6) is 0 Å². The predicted molar refractivity (Wildman–Crippen MR) is 127 cm³/mol. The maximum Gasteiger partial charge on any atom is 0.355 e. The van der Waals surface area contributed by atoms with Crippen LogP contribution in [0.25, 0.3) is 0 Å². The van der Waals surface area contributed by atoms with E-state index in [-0.39, 0.29) is 31.0 Å². The quantitative estimate of drug-likeness (QED) is 0.314. The summed E-state index contributed by atoms with van der Waals surface area (Å²) in [6, 6.07) is 10.7. The molecule has 0 aliphatic rings. The number of aromatic nitrogens is 1. The van der Waals surface area contributed by atoms with E-state index >= 15 is 0 Å². The minimum Gasteiger partial charge on any atom is -0.461 e. The molecule has 184 valence electrons. The van der Waals surface area contributed by atoms with Gasteiger partial charge < -0.3 is 14.2 Å². The number of ether oxygens (including phenoxy) is 1. The maximum absolute atomic E-state index is 13.5. The van der Waals surface area contributed by atoms with E-state index in [9.17, 15) is 23.2 Å². The maximum atomic E-state index is 13.5. The lowest BCUT2D eigenvalue weighted by molar-refractivity contribution is 0.0512. The van der Waals surface area contributed by atoms with E-state index in [0.29, 0.717) is 34.6 Å². The Hall–Kier alpha value is -3.81. The Morgan fingerprint density at radius 2 is 1.49 bits per heavy atom. The Bertz CT molecular complexity index is 1230. The molecule has 1 aromatic heterocycles. The lowest BCUT2D eigenvalue weighted by Gasteiger charge is -2.23. The normalized spacial score (nSPS) is 10.8. The average molecular weight is 483 g/mol. The van der Waals surface area contributed by atoms with Crippen LogP contribution in [0.2, 0.25) is 0 Å². The van der Waals surface area contributed by atoms with Crippen molar-refractivity contribution in [2.24, 2.45) is 0 Å². The summed E-state index contributed by atoms with van der Waals surface area (Å²) in [6.07, 6.45) is 0. The van der Waals surface area contributed by atoms with Gasteiger partial charge in [0.2, 0.25) is 0 Å². The van der Waals surface area contributed by atoms with Crippen molar-refractivity contribution in [3.05, 3.63) is 93.8 Å². The Labute approximate surface area is 203 Å². The van der Waals surface area contributed by atoms with Crippen LogP contribution in [0.4, 0.5) is 8.78 Å². The van der Waals surface area contributed by atoms with Crippen molar-refractivity contribution in [3.8, 4) is 0 Å². The monoisotopic (exact) mass is 482 g/mol. The number of halogens is 2. The standard InChI is InChI=1S/C27H28F2N2O4/c1-5-31-18(4)24(17(3)25(31)27(34)35-6-2)23(32)16-30(15-19-7-11-21(28)12-8-19)26(33)20-9-13-22(29)14-10-20/h7-14H,5-6,15-16H2,1-4H3. The summed E-state index contributed by atoms with van der Waals surface area (Å²) in [6.45, 7) is 7.42. The predicted octanol–water partition coefficient (Wildman–Crippen LogP) is 5.11. The fourth-order valence-corrected chi connectivity index (χ4v) is 4.20. The fraction of sp³-hybridized carbons (Fsp3) is 0.296. The van der Waals surface area contributed by atoms with Gasteiger partial charge in [-0.3, -0.25) is 9.59 Å². The van der Waals surface area contributed by atoms with E-state index in [2.05, 4.69) is 0 Å². The number of Topliss-reactive ketones (excluding diaryl/α,β-unsaturated/α-hetero) is 1. The zero-order valence-corrected chi connectivity index (χ0v) is 20.2. The summed E-state index contributed by atoms with van der Waals surface area (Å²) in [5, 5.41) is 0. The van der Waals surface area contributed by atoms with Crippen molar-refractivity contribution in [1.82, 2.24) is 9.47 Å². The molecule has 2 aromatic carbocycles. The van der Waals surface area contributed by atoms with Crippen LogP contribution in [-0.4, -0.2) is 40.3 Å². The van der Waals surface area contributed by atoms with E-state index in [4.69, 9.17) is 4.74 Å². The molecule has 0 saturated carbocycles. The molecule has 0 saturated heterocycles. The highest BCUT2D eigenvalue weighted by Crippen LogP contribution is 2.25. The van der Waals surface area contributed by atoms with Gasteiger partial charge in [-0.15, -0.1) is 0 Å². The fourth-order valence-electron chi connectivity index (χ4n) is 4.20. The van der Waals surface area contributed by atoms with Gasteiger partial charge in [0, 0.05) is 29.9 Å². The Kier molecular flexibility index (Phi) is 8.17. The average Bonchev–Trinajstić information content (AvgIpc) is 3.09. The van der Waals surface area contributed by atoms with Gasteiger partial charge in [0.05, 0.1) is 13.2 Å². The molecule has 6 nitrogen and oxygen atoms in total. The third-order valence-electron chi connectivity index (χ3n) is 5.83. The molecule has 0 bridgehead atoms. The number of hydrogen-bond donors (Lipinski definition) is 0. The van der Waals surface area contributed by atoms with Crippen LogP contribution in [0.15, 0.2) is 48.5 Å². The summed E-state index contributed by atoms with van der Waals surface area (Å²) in [5.41, 5.74) is 2.60. The highest BCUT2D eigenvalue weighted by atomic mass is 19.1. The van der Waals surface area contributed by atoms with Crippen molar-refractivity contribution in [2.75, 3.05) is 13.2 Å². The van der Waals surface area contributed by atoms with Crippen LogP contribution >= 0.6 is 0 Å². The van der Waals surface area contributed by atoms with Gasteiger partial charge in [0.15, 0.2) is 5.78 Å². The van der Waals surface area contributed by atoms with Gasteiger partial charge in [-0.25, -0.2) is 13.6 Å². The van der Waals surface area contributed by atoms with Crippen molar-refractivity contribution >= 4 is 17.7 Å². The third-order valence-corrected chi connectivity index (χ3v) is 5.83. The van der Waals surface area contributed by atoms with Gasteiger partial charge in [-0.1, -0.05) is 12.1 Å². The number of benzene rings is 2. The lowest BCUT2D eigenvalue weighted by Crippen LogP contribution is -2.35. The number of rotatable bonds is 9. The van der Waals surface area contributed by atoms with Crippen molar-refractivity contribution in [3.63, 3.8) is 0 Å². The number of esters is 1. The molecule has 35 heavy (non-hydrogen) atoms. The molecular formula is C27H28F2N2O4. The van der Waals surface area contributed by atoms with Crippen LogP contribution < -0.4 is 0 Å². The molecule has 0 radical (unpaired) electrons. The molecule has 1 heterocycles. The van der Waals surface area contributed by atoms with Gasteiger partial charge in [-0.2, -0.15) is 0 Å². The first-order chi connectivity index (χ1) is 16.7. The summed E-state index contributed by atoms with van der Waals surface area (Å²) >= 11 is 0. The second-order valence-corrected chi connectivity index (χ2v) is 8.12. The highest BCUT2D eigenvalue weighted by molar-refractivity contribution is 6.06. The largest absolute Gasteiger partial charge is 0.461 e. The second kappa shape index (κ2) is 11.1. The van der Waals surface area contributed by atoms with Crippen molar-refractivity contribution < 1.29 is 27.9 Å². The van der Waals surface area contributed by atoms with Crippen LogP contribution in [-0.2, 0) is 17.8 Å². The number of amides is 1. The molecule has 0 fully saturated rings. The van der Waals surface area contributed by atoms with Crippen LogP contribution in [0.3, 0.4) is 0 Å². The summed E-state index contributed by atoms with van der Waals surface area (Å²) in [4.78, 5) is 40.7. The molecule has 0 atom stereocenters. The molecular weight excluding hydrogens is 454 g/mol. The first-order valence-corrected chi connectivity index (χ1v) is 11.4. The van der Waals surface area contributed by atoms with Crippen LogP contribution in [0.1, 0.15) is 61.9 Å². The molecule has 3 rings (SSSR count). The molecule has 3 aromatic rings. The van der Waals surface area contributed by atoms with Gasteiger partial charge in [0.1, 0.15) is 17.3 Å². The van der Waals surface area contributed by atoms with E-state index in [0.717, 1.165) is 0 Å². The van der Waals surface area contributed by atoms with Crippen molar-refractivity contribution in [2.45, 2.75) is 40.8 Å². The van der Waals surface area contributed by atoms with Gasteiger partial charge in [-0.05, 0) is 75.2 Å². The van der Waals surface area contributed by atoms with E-state index in [1.54, 1.807) is 25.3 Å². The van der Waals surface area contributed by atoms with Crippen molar-refractivity contribution in [1.29, 1.82) is 0 Å². The summed E-state index contributed by atoms with van der Waals surface area (Å²) in [5.74, 6) is -2.24. The number of carbonyl (C=O) groups is 3. The smallest absolute Gasteiger partial charge is 0.355 e. The topological polar surface area (TPSA) is 68.6 Å². The van der Waals surface area contributed by atoms with E-state index in [1.807, 2.05) is 6.92 Å². The Morgan fingerprint density at radius 3 is 2.03 bits per heavy atom. The number of ketones is 1. The molecule has 8 heteroatoms. The molecule has 0 unspecified atom stereocenters. The van der Waals surface area contributed by atoms with Crippen LogP contribution in [0, 0.1) is 25.5 Å².